The molecule has 0 bridgehead atoms. The zero-order chi connectivity index (χ0) is 19.5. The standard InChI is InChI=1S/C23H34NOP/c1-16(2)21-14-19(18-10-7-8-12-22(18)26)20(11-9-13-25)24(21)17(3)15-23(4,5)6/h7-8,10,12,14,16,25H,3,9,11,13,15,26H2,1-2,4-6H3. The van der Waals surface area contributed by atoms with Gasteiger partial charge in [-0.15, -0.1) is 9.24 Å². The predicted octanol–water partition coefficient (Wildman–Crippen LogP) is 5.61. The second kappa shape index (κ2) is 8.55. The lowest BCUT2D eigenvalue weighted by atomic mass is 9.90. The molecule has 1 N–H and O–H groups in total. The zero-order valence-corrected chi connectivity index (χ0v) is 18.1. The van der Waals surface area contributed by atoms with Crippen LogP contribution in [0.2, 0.25) is 0 Å². The Bertz CT molecular complexity index is 765. The van der Waals surface area contributed by atoms with Crippen molar-refractivity contribution in [3.05, 3.63) is 48.3 Å². The molecule has 0 saturated carbocycles. The number of aliphatic hydroxyl groups is 1. The van der Waals surface area contributed by atoms with E-state index in [9.17, 15) is 5.11 Å². The molecule has 3 heteroatoms. The van der Waals surface area contributed by atoms with E-state index in [1.165, 1.54) is 27.8 Å². The molecule has 0 radical (unpaired) electrons. The molecule has 2 rings (SSSR count). The molecule has 0 amide bonds. The molecule has 1 heterocycles. The van der Waals surface area contributed by atoms with Crippen LogP contribution in [0.15, 0.2) is 36.9 Å². The zero-order valence-electron chi connectivity index (χ0n) is 17.0. The van der Waals surface area contributed by atoms with Crippen molar-refractivity contribution in [2.75, 3.05) is 6.61 Å². The lowest BCUT2D eigenvalue weighted by Crippen LogP contribution is -2.14. The van der Waals surface area contributed by atoms with Crippen molar-refractivity contribution in [1.82, 2.24) is 4.57 Å². The van der Waals surface area contributed by atoms with Crippen molar-refractivity contribution in [2.24, 2.45) is 5.41 Å². The van der Waals surface area contributed by atoms with Crippen molar-refractivity contribution in [3.8, 4) is 11.1 Å². The quantitative estimate of drug-likeness (QED) is 0.629. The van der Waals surface area contributed by atoms with Crippen LogP contribution in [0.5, 0.6) is 0 Å². The largest absolute Gasteiger partial charge is 0.396 e. The van der Waals surface area contributed by atoms with E-state index in [0.717, 1.165) is 25.0 Å². The molecule has 26 heavy (non-hydrogen) atoms. The van der Waals surface area contributed by atoms with E-state index in [2.05, 4.69) is 85.3 Å². The molecule has 2 aromatic rings. The molecule has 0 fully saturated rings. The monoisotopic (exact) mass is 371 g/mol. The summed E-state index contributed by atoms with van der Waals surface area (Å²) in [5.74, 6) is 0.407. The molecule has 0 aliphatic carbocycles. The number of aromatic nitrogens is 1. The second-order valence-corrected chi connectivity index (χ2v) is 9.26. The van der Waals surface area contributed by atoms with Crippen LogP contribution in [0.3, 0.4) is 0 Å². The highest BCUT2D eigenvalue weighted by Gasteiger charge is 2.23. The Morgan fingerprint density at radius 2 is 1.85 bits per heavy atom. The van der Waals surface area contributed by atoms with Gasteiger partial charge in [-0.2, -0.15) is 0 Å². The first kappa shape index (κ1) is 20.9. The first-order valence-electron chi connectivity index (χ1n) is 9.54. The highest BCUT2D eigenvalue weighted by Crippen LogP contribution is 2.36. The van der Waals surface area contributed by atoms with Crippen molar-refractivity contribution in [1.29, 1.82) is 0 Å². The fourth-order valence-electron chi connectivity index (χ4n) is 3.53. The lowest BCUT2D eigenvalue weighted by Gasteiger charge is -2.25. The van der Waals surface area contributed by atoms with Gasteiger partial charge in [0.25, 0.3) is 0 Å². The molecule has 1 atom stereocenters. The summed E-state index contributed by atoms with van der Waals surface area (Å²) in [6.07, 6.45) is 2.55. The Morgan fingerprint density at radius 1 is 1.19 bits per heavy atom. The van der Waals surface area contributed by atoms with Crippen molar-refractivity contribution < 1.29 is 5.11 Å². The van der Waals surface area contributed by atoms with Gasteiger partial charge in [-0.3, -0.25) is 0 Å². The minimum atomic E-state index is 0.183. The fraction of sp³-hybridized carbons (Fsp3) is 0.478. The molecule has 2 nitrogen and oxygen atoms in total. The first-order chi connectivity index (χ1) is 12.2. The van der Waals surface area contributed by atoms with E-state index >= 15 is 0 Å². The van der Waals surface area contributed by atoms with Crippen LogP contribution in [0.4, 0.5) is 0 Å². The Hall–Kier alpha value is -1.37. The summed E-state index contributed by atoms with van der Waals surface area (Å²) in [5, 5.41) is 10.6. The molecule has 1 unspecified atom stereocenters. The van der Waals surface area contributed by atoms with E-state index in [4.69, 9.17) is 0 Å². The van der Waals surface area contributed by atoms with Gasteiger partial charge in [-0.25, -0.2) is 0 Å². The SMILES string of the molecule is C=C(CC(C)(C)C)n1c(C(C)C)cc(-c2ccccc2P)c1CCCO. The molecule has 1 aromatic carbocycles. The molecular formula is C23H34NOP. The normalized spacial score (nSPS) is 12.0. The summed E-state index contributed by atoms with van der Waals surface area (Å²) in [6, 6.07) is 10.8. The van der Waals surface area contributed by atoms with Crippen LogP contribution < -0.4 is 5.30 Å². The summed E-state index contributed by atoms with van der Waals surface area (Å²) in [7, 11) is 2.85. The molecule has 0 aliphatic rings. The second-order valence-electron chi connectivity index (χ2n) is 8.64. The third-order valence-corrected chi connectivity index (χ3v) is 5.10. The molecule has 0 aliphatic heterocycles. The Kier molecular flexibility index (Phi) is 6.88. The van der Waals surface area contributed by atoms with E-state index in [1.807, 2.05) is 0 Å². The van der Waals surface area contributed by atoms with E-state index in [1.54, 1.807) is 0 Å². The summed E-state index contributed by atoms with van der Waals surface area (Å²) < 4.78 is 2.37. The molecular weight excluding hydrogens is 337 g/mol. The third kappa shape index (κ3) is 4.87. The smallest absolute Gasteiger partial charge is 0.0434 e. The molecule has 0 spiro atoms. The van der Waals surface area contributed by atoms with Gasteiger partial charge in [0.1, 0.15) is 0 Å². The van der Waals surface area contributed by atoms with Crippen LogP contribution in [-0.4, -0.2) is 16.3 Å². The lowest BCUT2D eigenvalue weighted by molar-refractivity contribution is 0.288. The minimum Gasteiger partial charge on any atom is -0.396 e. The van der Waals surface area contributed by atoms with Gasteiger partial charge in [-0.05, 0) is 47.5 Å². The Labute approximate surface area is 161 Å². The number of hydrogen-bond donors (Lipinski definition) is 1. The van der Waals surface area contributed by atoms with E-state index < -0.39 is 0 Å². The van der Waals surface area contributed by atoms with Gasteiger partial charge in [0.05, 0.1) is 0 Å². The number of aliphatic hydroxyl groups excluding tert-OH is 1. The Morgan fingerprint density at radius 3 is 2.38 bits per heavy atom. The summed E-state index contributed by atoms with van der Waals surface area (Å²) in [6.45, 7) is 15.9. The van der Waals surface area contributed by atoms with Crippen LogP contribution in [0.1, 0.15) is 64.8 Å². The number of nitrogens with zero attached hydrogens (tertiary/aromatic N) is 1. The highest BCUT2D eigenvalue weighted by molar-refractivity contribution is 7.28. The summed E-state index contributed by atoms with van der Waals surface area (Å²) in [5.41, 5.74) is 6.41. The fourth-order valence-corrected chi connectivity index (χ4v) is 3.89. The van der Waals surface area contributed by atoms with Crippen LogP contribution in [0.25, 0.3) is 16.8 Å². The molecule has 0 saturated heterocycles. The van der Waals surface area contributed by atoms with Crippen LogP contribution in [-0.2, 0) is 6.42 Å². The van der Waals surface area contributed by atoms with E-state index in [0.29, 0.717) is 5.92 Å². The molecule has 142 valence electrons. The van der Waals surface area contributed by atoms with Gasteiger partial charge in [0.15, 0.2) is 0 Å². The maximum absolute atomic E-state index is 9.44. The van der Waals surface area contributed by atoms with Gasteiger partial charge in [0.2, 0.25) is 0 Å². The van der Waals surface area contributed by atoms with Gasteiger partial charge in [-0.1, -0.05) is 65.5 Å². The van der Waals surface area contributed by atoms with Crippen molar-refractivity contribution >= 4 is 20.2 Å². The maximum Gasteiger partial charge on any atom is 0.0434 e. The number of allylic oxidation sites excluding steroid dienone is 1. The van der Waals surface area contributed by atoms with Crippen LogP contribution >= 0.6 is 9.24 Å². The van der Waals surface area contributed by atoms with Gasteiger partial charge < -0.3 is 9.67 Å². The summed E-state index contributed by atoms with van der Waals surface area (Å²) in [4.78, 5) is 0. The number of hydrogen-bond acceptors (Lipinski definition) is 1. The maximum atomic E-state index is 9.44. The van der Waals surface area contributed by atoms with E-state index in [-0.39, 0.29) is 12.0 Å². The average Bonchev–Trinajstić information content (AvgIpc) is 2.91. The van der Waals surface area contributed by atoms with Gasteiger partial charge in [0, 0.05) is 29.3 Å². The van der Waals surface area contributed by atoms with Crippen LogP contribution in [0, 0.1) is 5.41 Å². The van der Waals surface area contributed by atoms with Crippen molar-refractivity contribution in [3.63, 3.8) is 0 Å². The summed E-state index contributed by atoms with van der Waals surface area (Å²) >= 11 is 0. The number of benzene rings is 1. The first-order valence-corrected chi connectivity index (χ1v) is 10.1. The highest BCUT2D eigenvalue weighted by atomic mass is 31.0. The average molecular weight is 372 g/mol. The third-order valence-electron chi connectivity index (χ3n) is 4.60. The van der Waals surface area contributed by atoms with Gasteiger partial charge >= 0.3 is 0 Å². The minimum absolute atomic E-state index is 0.183. The molecule has 1 aromatic heterocycles. The predicted molar refractivity (Wildman–Crippen MR) is 118 cm³/mol. The number of rotatable bonds is 7. The topological polar surface area (TPSA) is 25.2 Å². The Balaban J connectivity index is 2.67. The van der Waals surface area contributed by atoms with Crippen molar-refractivity contribution in [2.45, 2.75) is 59.8 Å².